The number of likely N-dealkylation sites (tertiary alicyclic amines) is 1. The van der Waals surface area contributed by atoms with Crippen LogP contribution in [-0.2, 0) is 4.79 Å². The molecular formula is C24H32N2O4. The van der Waals surface area contributed by atoms with Crippen LogP contribution in [0, 0.1) is 0 Å². The predicted molar refractivity (Wildman–Crippen MR) is 117 cm³/mol. The Kier molecular flexibility index (Phi) is 7.57. The third kappa shape index (κ3) is 4.87. The molecule has 1 fully saturated rings. The van der Waals surface area contributed by atoms with Crippen molar-refractivity contribution in [2.45, 2.75) is 38.3 Å². The fourth-order valence-electron chi connectivity index (χ4n) is 4.13. The summed E-state index contributed by atoms with van der Waals surface area (Å²) < 4.78 is 16.2. The summed E-state index contributed by atoms with van der Waals surface area (Å²) in [5.74, 6) is 2.50. The Morgan fingerprint density at radius 3 is 2.40 bits per heavy atom. The number of rotatable bonds is 9. The van der Waals surface area contributed by atoms with Crippen LogP contribution in [0.2, 0.25) is 0 Å². The van der Waals surface area contributed by atoms with Crippen LogP contribution in [-0.4, -0.2) is 45.2 Å². The van der Waals surface area contributed by atoms with Crippen molar-refractivity contribution >= 4 is 5.91 Å². The summed E-state index contributed by atoms with van der Waals surface area (Å²) in [7, 11) is 4.97. The van der Waals surface area contributed by atoms with Gasteiger partial charge in [0.05, 0.1) is 33.9 Å². The van der Waals surface area contributed by atoms with Gasteiger partial charge in [-0.15, -0.1) is 0 Å². The largest absolute Gasteiger partial charge is 0.497 e. The third-order valence-electron chi connectivity index (χ3n) is 5.80. The molecule has 2 atom stereocenters. The number of amides is 1. The number of nitrogens with one attached hydrogen (secondary N) is 1. The molecule has 1 aliphatic heterocycles. The number of carbonyl (C=O) groups is 1. The van der Waals surface area contributed by atoms with Crippen LogP contribution < -0.4 is 19.5 Å². The monoisotopic (exact) mass is 412 g/mol. The van der Waals surface area contributed by atoms with Crippen molar-refractivity contribution < 1.29 is 19.0 Å². The van der Waals surface area contributed by atoms with Gasteiger partial charge in [-0.25, -0.2) is 0 Å². The lowest BCUT2D eigenvalue weighted by Crippen LogP contribution is -2.39. The molecule has 1 heterocycles. The van der Waals surface area contributed by atoms with Gasteiger partial charge in [0.25, 0.3) is 0 Å². The minimum absolute atomic E-state index is 0.00501. The van der Waals surface area contributed by atoms with Crippen LogP contribution >= 0.6 is 0 Å². The van der Waals surface area contributed by atoms with Crippen LogP contribution in [0.5, 0.6) is 17.2 Å². The number of carbonyl (C=O) groups excluding carboxylic acids is 1. The minimum Gasteiger partial charge on any atom is -0.497 e. The Morgan fingerprint density at radius 1 is 1.07 bits per heavy atom. The lowest BCUT2D eigenvalue weighted by atomic mass is 10.0. The second-order valence-electron chi connectivity index (χ2n) is 7.47. The van der Waals surface area contributed by atoms with Crippen molar-refractivity contribution in [3.63, 3.8) is 0 Å². The van der Waals surface area contributed by atoms with E-state index in [4.69, 9.17) is 14.2 Å². The summed E-state index contributed by atoms with van der Waals surface area (Å²) in [5.41, 5.74) is 2.16. The summed E-state index contributed by atoms with van der Waals surface area (Å²) in [6, 6.07) is 13.9. The Hall–Kier alpha value is -2.73. The zero-order valence-electron chi connectivity index (χ0n) is 18.3. The van der Waals surface area contributed by atoms with Gasteiger partial charge in [-0.05, 0) is 55.2 Å². The van der Waals surface area contributed by atoms with E-state index in [-0.39, 0.29) is 18.0 Å². The van der Waals surface area contributed by atoms with Gasteiger partial charge in [-0.3, -0.25) is 4.79 Å². The van der Waals surface area contributed by atoms with Crippen molar-refractivity contribution in [1.82, 2.24) is 10.2 Å². The number of nitrogens with zero attached hydrogens (tertiary/aromatic N) is 1. The van der Waals surface area contributed by atoms with E-state index in [1.807, 2.05) is 47.4 Å². The van der Waals surface area contributed by atoms with E-state index in [1.54, 1.807) is 21.3 Å². The van der Waals surface area contributed by atoms with Gasteiger partial charge in [-0.1, -0.05) is 19.1 Å². The molecular weight excluding hydrogens is 380 g/mol. The highest BCUT2D eigenvalue weighted by Gasteiger charge is 2.32. The van der Waals surface area contributed by atoms with Crippen molar-refractivity contribution in [3.05, 3.63) is 53.6 Å². The lowest BCUT2D eigenvalue weighted by Gasteiger charge is -2.28. The molecule has 30 heavy (non-hydrogen) atoms. The molecule has 1 aliphatic rings. The van der Waals surface area contributed by atoms with Crippen LogP contribution in [0.1, 0.15) is 49.4 Å². The fourth-order valence-corrected chi connectivity index (χ4v) is 4.13. The minimum atomic E-state index is 0.00501. The molecule has 0 aliphatic carbocycles. The average molecular weight is 413 g/mol. The third-order valence-corrected chi connectivity index (χ3v) is 5.80. The first-order chi connectivity index (χ1) is 14.6. The Balaban J connectivity index is 1.69. The molecule has 6 nitrogen and oxygen atoms in total. The highest BCUT2D eigenvalue weighted by Crippen LogP contribution is 2.38. The molecule has 2 aromatic rings. The van der Waals surface area contributed by atoms with Crippen molar-refractivity contribution in [3.8, 4) is 17.2 Å². The summed E-state index contributed by atoms with van der Waals surface area (Å²) in [5, 5.41) is 3.44. The van der Waals surface area contributed by atoms with Crippen LogP contribution in [0.15, 0.2) is 42.5 Å². The summed E-state index contributed by atoms with van der Waals surface area (Å²) in [6.45, 7) is 3.17. The average Bonchev–Trinajstić information content (AvgIpc) is 3.29. The molecule has 2 unspecified atom stereocenters. The van der Waals surface area contributed by atoms with Gasteiger partial charge in [-0.2, -0.15) is 0 Å². The number of hydrogen-bond donors (Lipinski definition) is 1. The summed E-state index contributed by atoms with van der Waals surface area (Å²) in [6.07, 6.45) is 2.80. The van der Waals surface area contributed by atoms with E-state index in [2.05, 4.69) is 12.2 Å². The second kappa shape index (κ2) is 10.3. The Bertz CT molecular complexity index is 838. The second-order valence-corrected chi connectivity index (χ2v) is 7.47. The molecule has 0 saturated carbocycles. The zero-order valence-corrected chi connectivity index (χ0v) is 18.3. The highest BCUT2D eigenvalue weighted by molar-refractivity contribution is 5.79. The summed E-state index contributed by atoms with van der Waals surface area (Å²) in [4.78, 5) is 15.1. The first kappa shape index (κ1) is 22.0. The maximum absolute atomic E-state index is 13.1. The quantitative estimate of drug-likeness (QED) is 0.671. The molecule has 0 radical (unpaired) electrons. The summed E-state index contributed by atoms with van der Waals surface area (Å²) >= 11 is 0. The normalized spacial score (nSPS) is 16.9. The SMILES string of the molecule is CCC(NCC(=O)N1CCCC1c1cc(OC)ccc1OC)c1ccc(OC)cc1. The first-order valence-electron chi connectivity index (χ1n) is 10.5. The van der Waals surface area contributed by atoms with Crippen LogP contribution in [0.4, 0.5) is 0 Å². The van der Waals surface area contributed by atoms with E-state index in [9.17, 15) is 4.79 Å². The Labute approximate surface area is 179 Å². The van der Waals surface area contributed by atoms with Crippen LogP contribution in [0.3, 0.4) is 0 Å². The van der Waals surface area contributed by atoms with Crippen molar-refractivity contribution in [1.29, 1.82) is 0 Å². The standard InChI is InChI=1S/C24H32N2O4/c1-5-21(17-8-10-18(28-2)11-9-17)25-16-24(27)26-14-6-7-22(26)20-15-19(29-3)12-13-23(20)30-4/h8-13,15,21-22,25H,5-7,14,16H2,1-4H3. The molecule has 1 saturated heterocycles. The number of hydrogen-bond acceptors (Lipinski definition) is 5. The molecule has 2 aromatic carbocycles. The van der Waals surface area contributed by atoms with Gasteiger partial charge >= 0.3 is 0 Å². The molecule has 1 amide bonds. The van der Waals surface area contributed by atoms with E-state index in [1.165, 1.54) is 0 Å². The number of methoxy groups -OCH3 is 3. The molecule has 6 heteroatoms. The van der Waals surface area contributed by atoms with E-state index in [0.717, 1.165) is 54.2 Å². The van der Waals surface area contributed by atoms with Gasteiger partial charge in [0.2, 0.25) is 5.91 Å². The zero-order chi connectivity index (χ0) is 21.5. The van der Waals surface area contributed by atoms with Gasteiger partial charge in [0, 0.05) is 18.2 Å². The van der Waals surface area contributed by atoms with E-state index in [0.29, 0.717) is 6.54 Å². The van der Waals surface area contributed by atoms with Gasteiger partial charge < -0.3 is 24.4 Å². The Morgan fingerprint density at radius 2 is 1.77 bits per heavy atom. The number of benzene rings is 2. The topological polar surface area (TPSA) is 60.0 Å². The first-order valence-corrected chi connectivity index (χ1v) is 10.5. The lowest BCUT2D eigenvalue weighted by molar-refractivity contribution is -0.131. The predicted octanol–water partition coefficient (Wildman–Crippen LogP) is 4.12. The van der Waals surface area contributed by atoms with E-state index < -0.39 is 0 Å². The molecule has 0 spiro atoms. The van der Waals surface area contributed by atoms with Gasteiger partial charge in [0.1, 0.15) is 17.2 Å². The molecule has 0 bridgehead atoms. The molecule has 162 valence electrons. The molecule has 1 N–H and O–H groups in total. The van der Waals surface area contributed by atoms with Crippen molar-refractivity contribution in [2.75, 3.05) is 34.4 Å². The number of ether oxygens (including phenoxy) is 3. The smallest absolute Gasteiger partial charge is 0.237 e. The maximum Gasteiger partial charge on any atom is 0.237 e. The fraction of sp³-hybridized carbons (Fsp3) is 0.458. The van der Waals surface area contributed by atoms with Crippen molar-refractivity contribution in [2.24, 2.45) is 0 Å². The van der Waals surface area contributed by atoms with Crippen LogP contribution in [0.25, 0.3) is 0 Å². The highest BCUT2D eigenvalue weighted by atomic mass is 16.5. The molecule has 3 rings (SSSR count). The maximum atomic E-state index is 13.1. The molecule has 0 aromatic heterocycles. The van der Waals surface area contributed by atoms with E-state index >= 15 is 0 Å². The van der Waals surface area contributed by atoms with Gasteiger partial charge in [0.15, 0.2) is 0 Å².